The van der Waals surface area contributed by atoms with Crippen LogP contribution in [0.1, 0.15) is 5.89 Å². The number of carbonyl (C=O) groups excluding carboxylic acids is 1. The first-order valence-corrected chi connectivity index (χ1v) is 5.36. The van der Waals surface area contributed by atoms with Crippen LogP contribution in [0.3, 0.4) is 0 Å². The monoisotopic (exact) mass is 277 g/mol. The number of anilines is 1. The Morgan fingerprint density at radius 1 is 1.35 bits per heavy atom. The van der Waals surface area contributed by atoms with E-state index in [1.54, 1.807) is 6.92 Å². The summed E-state index contributed by atoms with van der Waals surface area (Å²) in [7, 11) is 0. The van der Waals surface area contributed by atoms with Crippen LogP contribution >= 0.6 is 0 Å². The Bertz CT molecular complexity index is 914. The first-order valence-electron chi connectivity index (χ1n) is 5.36. The van der Waals surface area contributed by atoms with E-state index in [2.05, 4.69) is 25.5 Å². The summed E-state index contributed by atoms with van der Waals surface area (Å²) in [5, 5.41) is 9.44. The maximum Gasteiger partial charge on any atom is 0.336 e. The predicted molar refractivity (Wildman–Crippen MR) is 64.4 cm³/mol. The van der Waals surface area contributed by atoms with Gasteiger partial charge in [0.25, 0.3) is 5.56 Å². The molecule has 0 bridgehead atoms. The van der Waals surface area contributed by atoms with Crippen molar-refractivity contribution in [3.8, 4) is 0 Å². The number of aromatic amines is 2. The third-order valence-electron chi connectivity index (χ3n) is 2.40. The molecule has 0 aromatic carbocycles. The van der Waals surface area contributed by atoms with Crippen molar-refractivity contribution in [1.82, 2.24) is 29.7 Å². The zero-order valence-electron chi connectivity index (χ0n) is 10.00. The van der Waals surface area contributed by atoms with Crippen molar-refractivity contribution in [3.63, 3.8) is 0 Å². The third-order valence-corrected chi connectivity index (χ3v) is 2.40. The van der Waals surface area contributed by atoms with Crippen molar-refractivity contribution >= 4 is 23.2 Å². The molecule has 0 spiro atoms. The summed E-state index contributed by atoms with van der Waals surface area (Å²) >= 11 is 0. The fourth-order valence-corrected chi connectivity index (χ4v) is 1.59. The summed E-state index contributed by atoms with van der Waals surface area (Å²) < 4.78 is 5.93. The quantitative estimate of drug-likeness (QED) is 0.525. The van der Waals surface area contributed by atoms with E-state index in [0.717, 1.165) is 10.9 Å². The molecule has 0 radical (unpaired) electrons. The smallest absolute Gasteiger partial charge is 0.336 e. The Labute approximate surface area is 108 Å². The van der Waals surface area contributed by atoms with E-state index in [1.165, 1.54) is 0 Å². The summed E-state index contributed by atoms with van der Waals surface area (Å²) in [4.78, 5) is 42.7. The maximum atomic E-state index is 12.0. The van der Waals surface area contributed by atoms with Crippen LogP contribution < -0.4 is 16.6 Å². The Hall–Kier alpha value is -3.24. The van der Waals surface area contributed by atoms with Gasteiger partial charge in [-0.05, 0) is 0 Å². The molecule has 0 saturated carbocycles. The highest BCUT2D eigenvalue weighted by molar-refractivity contribution is 5.94. The number of H-pyrrole nitrogens is 2. The molecule has 0 saturated heterocycles. The van der Waals surface area contributed by atoms with Crippen LogP contribution in [0.15, 0.2) is 20.3 Å². The van der Waals surface area contributed by atoms with E-state index >= 15 is 0 Å². The van der Waals surface area contributed by atoms with Crippen LogP contribution in [0, 0.1) is 6.92 Å². The van der Waals surface area contributed by atoms with E-state index < -0.39 is 17.3 Å². The highest BCUT2D eigenvalue weighted by atomic mass is 16.4. The van der Waals surface area contributed by atoms with Crippen molar-refractivity contribution < 1.29 is 9.21 Å². The number of imidazole rings is 1. The normalized spacial score (nSPS) is 10.8. The zero-order valence-corrected chi connectivity index (χ0v) is 10.00. The molecule has 20 heavy (non-hydrogen) atoms. The standard InChI is InChI=1S/C9H7N7O4/c1-3-14-15-8(20-3)13-9(19)16-2-10-4-5(16)11-7(18)12-6(4)17/h2H,1H3,(H,13,15,19)(H2,11,12,17,18). The number of nitrogens with zero attached hydrogens (tertiary/aromatic N) is 4. The average molecular weight is 277 g/mol. The number of aryl methyl sites for hydroxylation is 1. The number of hydrogen-bond acceptors (Lipinski definition) is 7. The molecule has 0 fully saturated rings. The molecule has 3 aromatic rings. The maximum absolute atomic E-state index is 12.0. The van der Waals surface area contributed by atoms with Crippen LogP contribution in [0.5, 0.6) is 0 Å². The number of aromatic nitrogens is 6. The van der Waals surface area contributed by atoms with Gasteiger partial charge in [-0.3, -0.25) is 20.1 Å². The van der Waals surface area contributed by atoms with Crippen LogP contribution in [0.25, 0.3) is 11.2 Å². The molecule has 3 N–H and O–H groups in total. The summed E-state index contributed by atoms with van der Waals surface area (Å²) in [5.74, 6) is 0.278. The second kappa shape index (κ2) is 4.15. The Balaban J connectivity index is 2.04. The first-order chi connectivity index (χ1) is 9.54. The van der Waals surface area contributed by atoms with Gasteiger partial charge in [0, 0.05) is 6.92 Å². The number of rotatable bonds is 1. The SMILES string of the molecule is Cc1nnc(NC(=O)n2cnc3c(=O)[nH]c(=O)[nH]c32)o1. The lowest BCUT2D eigenvalue weighted by molar-refractivity contribution is 0.253. The van der Waals surface area contributed by atoms with Crippen molar-refractivity contribution in [1.29, 1.82) is 0 Å². The average Bonchev–Trinajstić information content (AvgIpc) is 2.95. The van der Waals surface area contributed by atoms with Gasteiger partial charge in [0.05, 0.1) is 0 Å². The molecule has 1 amide bonds. The summed E-state index contributed by atoms with van der Waals surface area (Å²) in [5.41, 5.74) is -1.54. The highest BCUT2D eigenvalue weighted by Crippen LogP contribution is 2.07. The fourth-order valence-electron chi connectivity index (χ4n) is 1.59. The molecule has 11 nitrogen and oxygen atoms in total. The minimum Gasteiger partial charge on any atom is -0.408 e. The molecule has 102 valence electrons. The topological polar surface area (TPSA) is 152 Å². The molecule has 0 aliphatic heterocycles. The second-order valence-electron chi connectivity index (χ2n) is 3.78. The predicted octanol–water partition coefficient (Wildman–Crippen LogP) is -0.815. The molecule has 0 aliphatic carbocycles. The second-order valence-corrected chi connectivity index (χ2v) is 3.78. The molecule has 11 heteroatoms. The van der Waals surface area contributed by atoms with Gasteiger partial charge in [-0.15, -0.1) is 5.10 Å². The number of hydrogen-bond donors (Lipinski definition) is 3. The van der Waals surface area contributed by atoms with Crippen LogP contribution in [0.2, 0.25) is 0 Å². The molecule has 3 rings (SSSR count). The van der Waals surface area contributed by atoms with Gasteiger partial charge < -0.3 is 4.42 Å². The summed E-state index contributed by atoms with van der Waals surface area (Å²) in [6.45, 7) is 1.56. The summed E-state index contributed by atoms with van der Waals surface area (Å²) in [6, 6.07) is -0.820. The van der Waals surface area contributed by atoms with E-state index in [9.17, 15) is 14.4 Å². The van der Waals surface area contributed by atoms with Gasteiger partial charge >= 0.3 is 17.7 Å². The van der Waals surface area contributed by atoms with Crippen molar-refractivity contribution in [2.24, 2.45) is 0 Å². The van der Waals surface area contributed by atoms with Crippen molar-refractivity contribution in [2.45, 2.75) is 6.92 Å². The highest BCUT2D eigenvalue weighted by Gasteiger charge is 2.15. The lowest BCUT2D eigenvalue weighted by Crippen LogP contribution is -2.25. The van der Waals surface area contributed by atoms with Gasteiger partial charge in [0.15, 0.2) is 11.2 Å². The lowest BCUT2D eigenvalue weighted by Gasteiger charge is -2.01. The van der Waals surface area contributed by atoms with E-state index in [4.69, 9.17) is 4.42 Å². The summed E-state index contributed by atoms with van der Waals surface area (Å²) in [6.07, 6.45) is 1.09. The van der Waals surface area contributed by atoms with Gasteiger partial charge in [-0.25, -0.2) is 19.1 Å². The van der Waals surface area contributed by atoms with Gasteiger partial charge in [-0.2, -0.15) is 0 Å². The Kier molecular flexibility index (Phi) is 2.45. The van der Waals surface area contributed by atoms with E-state index in [1.807, 2.05) is 4.98 Å². The lowest BCUT2D eigenvalue weighted by atomic mass is 10.5. The molecular formula is C9H7N7O4. The minimum absolute atomic E-state index is 0.0347. The number of amides is 1. The number of carbonyl (C=O) groups is 1. The Morgan fingerprint density at radius 3 is 2.85 bits per heavy atom. The van der Waals surface area contributed by atoms with Gasteiger partial charge in [0.2, 0.25) is 5.89 Å². The fraction of sp³-hybridized carbons (Fsp3) is 0.111. The molecule has 3 heterocycles. The molecule has 0 unspecified atom stereocenters. The Morgan fingerprint density at radius 2 is 2.15 bits per heavy atom. The molecular weight excluding hydrogens is 270 g/mol. The van der Waals surface area contributed by atoms with Crippen molar-refractivity contribution in [2.75, 3.05) is 5.32 Å². The van der Waals surface area contributed by atoms with E-state index in [0.29, 0.717) is 0 Å². The van der Waals surface area contributed by atoms with E-state index in [-0.39, 0.29) is 23.1 Å². The minimum atomic E-state index is -0.745. The largest absolute Gasteiger partial charge is 0.408 e. The third kappa shape index (κ3) is 1.86. The zero-order chi connectivity index (χ0) is 14.3. The van der Waals surface area contributed by atoms with Gasteiger partial charge in [0.1, 0.15) is 6.33 Å². The molecule has 3 aromatic heterocycles. The van der Waals surface area contributed by atoms with Crippen LogP contribution in [-0.2, 0) is 0 Å². The molecule has 0 aliphatic rings. The first kappa shape index (κ1) is 11.8. The number of fused-ring (bicyclic) bond motifs is 1. The van der Waals surface area contributed by atoms with Crippen molar-refractivity contribution in [3.05, 3.63) is 33.1 Å². The van der Waals surface area contributed by atoms with Crippen LogP contribution in [0.4, 0.5) is 10.8 Å². The van der Waals surface area contributed by atoms with Gasteiger partial charge in [-0.1, -0.05) is 5.10 Å². The molecule has 0 atom stereocenters. The number of nitrogens with one attached hydrogen (secondary N) is 3. The van der Waals surface area contributed by atoms with Crippen LogP contribution in [-0.4, -0.2) is 35.7 Å².